The number of nitrogens with zero attached hydrogens (tertiary/aromatic N) is 3. The van der Waals surface area contributed by atoms with Crippen LogP contribution in [0, 0.1) is 0 Å². The van der Waals surface area contributed by atoms with E-state index in [1.165, 1.54) is 32.6 Å². The number of aromatic nitrogens is 2. The molecular formula is C45H29N3O. The van der Waals surface area contributed by atoms with Crippen molar-refractivity contribution in [1.82, 2.24) is 9.55 Å². The SMILES string of the molecule is c1ccc(N(c2ccc(-c3cccc4oc5ncccc5c34)cc2)c2ccc(-n3c4ccccc4c4ccccc43)c3ccccc23)cc1. The van der Waals surface area contributed by atoms with Gasteiger partial charge < -0.3 is 13.9 Å². The number of rotatable bonds is 5. The Morgan fingerprint density at radius 3 is 1.86 bits per heavy atom. The molecule has 0 aliphatic rings. The van der Waals surface area contributed by atoms with Crippen molar-refractivity contribution in [3.05, 3.63) is 176 Å². The summed E-state index contributed by atoms with van der Waals surface area (Å²) in [4.78, 5) is 6.82. The van der Waals surface area contributed by atoms with Crippen LogP contribution in [0.25, 0.3) is 71.5 Å². The molecular weight excluding hydrogens is 599 g/mol. The summed E-state index contributed by atoms with van der Waals surface area (Å²) in [5.41, 5.74) is 10.6. The van der Waals surface area contributed by atoms with E-state index in [2.05, 4.69) is 172 Å². The Morgan fingerprint density at radius 2 is 1.10 bits per heavy atom. The van der Waals surface area contributed by atoms with Crippen molar-refractivity contribution in [1.29, 1.82) is 0 Å². The van der Waals surface area contributed by atoms with Crippen LogP contribution in [0.4, 0.5) is 17.1 Å². The molecule has 0 aliphatic heterocycles. The van der Waals surface area contributed by atoms with E-state index in [1.54, 1.807) is 6.20 Å². The normalized spacial score (nSPS) is 11.7. The van der Waals surface area contributed by atoms with E-state index in [0.29, 0.717) is 5.71 Å². The van der Waals surface area contributed by atoms with Crippen LogP contribution in [0.5, 0.6) is 0 Å². The highest BCUT2D eigenvalue weighted by Crippen LogP contribution is 2.43. The lowest BCUT2D eigenvalue weighted by molar-refractivity contribution is 0.654. The fourth-order valence-corrected chi connectivity index (χ4v) is 7.53. The van der Waals surface area contributed by atoms with Crippen molar-refractivity contribution in [3.63, 3.8) is 0 Å². The zero-order chi connectivity index (χ0) is 32.3. The van der Waals surface area contributed by atoms with Gasteiger partial charge in [0.2, 0.25) is 5.71 Å². The van der Waals surface area contributed by atoms with Gasteiger partial charge in [-0.3, -0.25) is 0 Å². The molecule has 4 heteroatoms. The van der Waals surface area contributed by atoms with E-state index in [9.17, 15) is 0 Å². The van der Waals surface area contributed by atoms with Crippen molar-refractivity contribution in [2.75, 3.05) is 4.90 Å². The number of furan rings is 1. The number of fused-ring (bicyclic) bond motifs is 7. The summed E-state index contributed by atoms with van der Waals surface area (Å²) in [5, 5.41) is 7.00. The van der Waals surface area contributed by atoms with E-state index in [0.717, 1.165) is 50.2 Å². The van der Waals surface area contributed by atoms with Gasteiger partial charge in [-0.2, -0.15) is 0 Å². The van der Waals surface area contributed by atoms with Gasteiger partial charge in [-0.15, -0.1) is 0 Å². The lowest BCUT2D eigenvalue weighted by atomic mass is 9.99. The second-order valence-electron chi connectivity index (χ2n) is 12.4. The molecule has 0 N–H and O–H groups in total. The van der Waals surface area contributed by atoms with Gasteiger partial charge in [-0.1, -0.05) is 103 Å². The maximum absolute atomic E-state index is 6.10. The fourth-order valence-electron chi connectivity index (χ4n) is 7.53. The van der Waals surface area contributed by atoms with Crippen LogP contribution in [0.15, 0.2) is 180 Å². The second-order valence-corrected chi connectivity index (χ2v) is 12.4. The molecule has 0 radical (unpaired) electrons. The average molecular weight is 628 g/mol. The van der Waals surface area contributed by atoms with Crippen LogP contribution in [0.1, 0.15) is 0 Å². The van der Waals surface area contributed by atoms with E-state index in [4.69, 9.17) is 4.42 Å². The van der Waals surface area contributed by atoms with Crippen LogP contribution < -0.4 is 4.90 Å². The number of anilines is 3. The van der Waals surface area contributed by atoms with E-state index in [-0.39, 0.29) is 0 Å². The van der Waals surface area contributed by atoms with Crippen LogP contribution in [0.3, 0.4) is 0 Å². The first kappa shape index (κ1) is 27.5. The highest BCUT2D eigenvalue weighted by atomic mass is 16.3. The maximum Gasteiger partial charge on any atom is 0.227 e. The number of hydrogen-bond donors (Lipinski definition) is 0. The Balaban J connectivity index is 1.16. The third-order valence-electron chi connectivity index (χ3n) is 9.66. The van der Waals surface area contributed by atoms with Gasteiger partial charge in [0.1, 0.15) is 5.58 Å². The molecule has 0 saturated heterocycles. The summed E-state index contributed by atoms with van der Waals surface area (Å²) in [6.07, 6.45) is 1.77. The average Bonchev–Trinajstić information content (AvgIpc) is 3.72. The Kier molecular flexibility index (Phi) is 6.15. The molecule has 4 nitrogen and oxygen atoms in total. The molecule has 7 aromatic carbocycles. The van der Waals surface area contributed by atoms with E-state index >= 15 is 0 Å². The van der Waals surface area contributed by atoms with Gasteiger partial charge >= 0.3 is 0 Å². The Labute approximate surface area is 282 Å². The topological polar surface area (TPSA) is 34.2 Å². The van der Waals surface area contributed by atoms with Crippen molar-refractivity contribution >= 4 is 71.7 Å². The summed E-state index contributed by atoms with van der Waals surface area (Å²) < 4.78 is 8.51. The first-order chi connectivity index (χ1) is 24.3. The predicted octanol–water partition coefficient (Wildman–Crippen LogP) is 12.4. The number of para-hydroxylation sites is 3. The Bertz CT molecular complexity index is 2780. The molecule has 3 heterocycles. The van der Waals surface area contributed by atoms with Crippen LogP contribution >= 0.6 is 0 Å². The van der Waals surface area contributed by atoms with Crippen LogP contribution in [0.2, 0.25) is 0 Å². The van der Waals surface area contributed by atoms with Crippen molar-refractivity contribution in [2.45, 2.75) is 0 Å². The third-order valence-corrected chi connectivity index (χ3v) is 9.66. The molecule has 230 valence electrons. The Morgan fingerprint density at radius 1 is 0.469 bits per heavy atom. The summed E-state index contributed by atoms with van der Waals surface area (Å²) >= 11 is 0. The molecule has 0 unspecified atom stereocenters. The lowest BCUT2D eigenvalue weighted by Crippen LogP contribution is -2.11. The molecule has 0 fully saturated rings. The van der Waals surface area contributed by atoms with Gasteiger partial charge in [-0.05, 0) is 77.9 Å². The quantitative estimate of drug-likeness (QED) is 0.190. The van der Waals surface area contributed by atoms with E-state index in [1.807, 2.05) is 12.1 Å². The number of hydrogen-bond acceptors (Lipinski definition) is 3. The monoisotopic (exact) mass is 627 g/mol. The molecule has 0 amide bonds. The standard InChI is InChI=1S/C45H29N3O/c1-2-12-31(13-3-1)47(32-25-23-30(24-26-32)33-18-10-22-43-44(33)38-19-11-29-46-45(38)49-43)41-27-28-42(37-15-5-4-14-36(37)41)48-39-20-8-6-16-34(39)35-17-7-9-21-40(35)48/h1-29H. The zero-order valence-corrected chi connectivity index (χ0v) is 26.5. The molecule has 0 saturated carbocycles. The van der Waals surface area contributed by atoms with Gasteiger partial charge in [0, 0.05) is 49.9 Å². The molecule has 10 rings (SSSR count). The minimum atomic E-state index is 0.660. The lowest BCUT2D eigenvalue weighted by Gasteiger charge is -2.28. The second kappa shape index (κ2) is 11.0. The van der Waals surface area contributed by atoms with Gasteiger partial charge in [0.15, 0.2) is 0 Å². The van der Waals surface area contributed by atoms with Crippen LogP contribution in [-0.2, 0) is 0 Å². The minimum absolute atomic E-state index is 0.660. The zero-order valence-electron chi connectivity index (χ0n) is 26.5. The summed E-state index contributed by atoms with van der Waals surface area (Å²) in [6, 6.07) is 60.5. The number of pyridine rings is 1. The first-order valence-corrected chi connectivity index (χ1v) is 16.6. The van der Waals surface area contributed by atoms with E-state index < -0.39 is 0 Å². The van der Waals surface area contributed by atoms with Crippen molar-refractivity contribution < 1.29 is 4.42 Å². The molecule has 0 aliphatic carbocycles. The molecule has 3 aromatic heterocycles. The van der Waals surface area contributed by atoms with Crippen molar-refractivity contribution in [3.8, 4) is 16.8 Å². The summed E-state index contributed by atoms with van der Waals surface area (Å²) in [5.74, 6) is 0. The first-order valence-electron chi connectivity index (χ1n) is 16.6. The molecule has 49 heavy (non-hydrogen) atoms. The largest absolute Gasteiger partial charge is 0.438 e. The number of benzene rings is 7. The molecule has 0 bridgehead atoms. The summed E-state index contributed by atoms with van der Waals surface area (Å²) in [6.45, 7) is 0. The molecule has 0 atom stereocenters. The fraction of sp³-hybridized carbons (Fsp3) is 0. The molecule has 10 aromatic rings. The van der Waals surface area contributed by atoms with Crippen LogP contribution in [-0.4, -0.2) is 9.55 Å². The van der Waals surface area contributed by atoms with Gasteiger partial charge in [0.05, 0.1) is 22.4 Å². The van der Waals surface area contributed by atoms with Crippen molar-refractivity contribution in [2.24, 2.45) is 0 Å². The maximum atomic E-state index is 6.10. The predicted molar refractivity (Wildman–Crippen MR) is 203 cm³/mol. The molecule has 0 spiro atoms. The highest BCUT2D eigenvalue weighted by Gasteiger charge is 2.20. The van der Waals surface area contributed by atoms with Gasteiger partial charge in [0.25, 0.3) is 0 Å². The Hall–Kier alpha value is -6.65. The highest BCUT2D eigenvalue weighted by molar-refractivity contribution is 6.13. The summed E-state index contributed by atoms with van der Waals surface area (Å²) in [7, 11) is 0. The smallest absolute Gasteiger partial charge is 0.227 e. The minimum Gasteiger partial charge on any atom is -0.438 e. The third kappa shape index (κ3) is 4.28. The van der Waals surface area contributed by atoms with Gasteiger partial charge in [-0.25, -0.2) is 4.98 Å².